The number of rotatable bonds is 0. The lowest BCUT2D eigenvalue weighted by Crippen LogP contribution is -3.00. The average molecular weight is 493 g/mol. The molecule has 6 heteroatoms. The van der Waals surface area contributed by atoms with Gasteiger partial charge in [-0.15, -0.1) is 0 Å². The first-order valence-corrected chi connectivity index (χ1v) is 11.1. The van der Waals surface area contributed by atoms with E-state index >= 15 is 0 Å². The molecule has 2 aliphatic heterocycles. The molecule has 0 saturated carbocycles. The molecule has 176 valence electrons. The minimum Gasteiger partial charge on any atom is -1.00 e. The summed E-state index contributed by atoms with van der Waals surface area (Å²) in [6, 6.07) is 17.3. The lowest BCUT2D eigenvalue weighted by molar-refractivity contribution is -0.644. The van der Waals surface area contributed by atoms with Gasteiger partial charge in [-0.25, -0.2) is 0 Å². The highest BCUT2D eigenvalue weighted by Crippen LogP contribution is 2.32. The van der Waals surface area contributed by atoms with Crippen LogP contribution in [0.4, 0.5) is 11.4 Å². The summed E-state index contributed by atoms with van der Waals surface area (Å²) < 4.78 is 4.40. The van der Waals surface area contributed by atoms with Crippen molar-refractivity contribution in [2.24, 2.45) is 14.1 Å². The molecule has 4 aromatic rings. The zero-order chi connectivity index (χ0) is 22.2. The maximum Gasteiger partial charge on any atom is 0.236 e. The van der Waals surface area contributed by atoms with Gasteiger partial charge in [0.05, 0.1) is 0 Å². The van der Waals surface area contributed by atoms with Crippen molar-refractivity contribution in [3.05, 3.63) is 84.2 Å². The van der Waals surface area contributed by atoms with Crippen LogP contribution in [0.2, 0.25) is 0 Å². The molecule has 34 heavy (non-hydrogen) atoms. The van der Waals surface area contributed by atoms with Gasteiger partial charge in [-0.1, -0.05) is 36.4 Å². The molecule has 0 atom stereocenters. The third-order valence-corrected chi connectivity index (χ3v) is 6.42. The molecule has 4 heterocycles. The summed E-state index contributed by atoms with van der Waals surface area (Å²) in [5.74, 6) is 0. The van der Waals surface area contributed by atoms with Crippen molar-refractivity contribution in [2.45, 2.75) is 0 Å². The zero-order valence-corrected chi connectivity index (χ0v) is 21.6. The second-order valence-corrected chi connectivity index (χ2v) is 8.69. The van der Waals surface area contributed by atoms with Crippen LogP contribution in [-0.4, -0.2) is 27.2 Å². The Bertz CT molecular complexity index is 1290. The number of halogens is 2. The van der Waals surface area contributed by atoms with Crippen molar-refractivity contribution >= 4 is 45.3 Å². The van der Waals surface area contributed by atoms with Gasteiger partial charge in [0, 0.05) is 61.2 Å². The number of likely N-dealkylation sites (N-methyl/N-ethyl adjacent to an activating group) is 2. The number of hydrogen-bond donors (Lipinski definition) is 0. The van der Waals surface area contributed by atoms with E-state index in [-0.39, 0.29) is 24.8 Å². The standard InChI is InChI=1S/2C14H15N2.2ClH/c2*1-15-9-3-5-11-7-8-12-6-4-10-16(2)14(12)13(11)15;;/h2*3-9H,10H2,1-2H3;2*1H/q2*+1;;/p-2. The molecule has 0 aliphatic carbocycles. The molecule has 0 fully saturated rings. The van der Waals surface area contributed by atoms with Gasteiger partial charge in [0.2, 0.25) is 11.0 Å². The van der Waals surface area contributed by atoms with Crippen molar-refractivity contribution in [2.75, 3.05) is 37.0 Å². The molecule has 2 aromatic carbocycles. The maximum absolute atomic E-state index is 2.30. The van der Waals surface area contributed by atoms with Gasteiger partial charge in [-0.05, 0) is 24.3 Å². The number of aryl methyl sites for hydroxylation is 2. The highest BCUT2D eigenvalue weighted by molar-refractivity contribution is 5.95. The summed E-state index contributed by atoms with van der Waals surface area (Å²) in [4.78, 5) is 4.61. The summed E-state index contributed by atoms with van der Waals surface area (Å²) >= 11 is 0. The fraction of sp³-hybridized carbons (Fsp3) is 0.214. The molecule has 0 unspecified atom stereocenters. The molecule has 4 nitrogen and oxygen atoms in total. The van der Waals surface area contributed by atoms with E-state index in [9.17, 15) is 0 Å². The molecule has 0 saturated heterocycles. The summed E-state index contributed by atoms with van der Waals surface area (Å²) in [6.45, 7) is 1.97. The Morgan fingerprint density at radius 1 is 0.618 bits per heavy atom. The summed E-state index contributed by atoms with van der Waals surface area (Å²) in [7, 11) is 8.51. The van der Waals surface area contributed by atoms with E-state index < -0.39 is 0 Å². The lowest BCUT2D eigenvalue weighted by atomic mass is 10.0. The summed E-state index contributed by atoms with van der Waals surface area (Å²) in [5, 5.41) is 2.59. The Hall–Kier alpha value is -3.08. The van der Waals surface area contributed by atoms with Gasteiger partial charge >= 0.3 is 0 Å². The van der Waals surface area contributed by atoms with Crippen molar-refractivity contribution in [1.82, 2.24) is 0 Å². The van der Waals surface area contributed by atoms with Gasteiger partial charge in [0.25, 0.3) is 0 Å². The van der Waals surface area contributed by atoms with Crippen LogP contribution in [0.5, 0.6) is 0 Å². The SMILES string of the molecule is CN1CC=Cc2ccc3ccc[n+](C)c3c21.CN1CC=Cc2ccc3ccc[n+](C)c3c21.[Cl-].[Cl-]. The van der Waals surface area contributed by atoms with Crippen LogP contribution in [0.3, 0.4) is 0 Å². The zero-order valence-electron chi connectivity index (χ0n) is 20.0. The van der Waals surface area contributed by atoms with Crippen LogP contribution >= 0.6 is 0 Å². The van der Waals surface area contributed by atoms with Crippen molar-refractivity contribution in [1.29, 1.82) is 0 Å². The molecule has 0 bridgehead atoms. The number of fused-ring (bicyclic) bond motifs is 6. The second-order valence-electron chi connectivity index (χ2n) is 8.69. The van der Waals surface area contributed by atoms with Crippen LogP contribution in [0.25, 0.3) is 34.0 Å². The molecule has 2 aromatic heterocycles. The Labute approximate surface area is 214 Å². The van der Waals surface area contributed by atoms with E-state index in [1.807, 2.05) is 0 Å². The van der Waals surface area contributed by atoms with Gasteiger partial charge in [-0.3, -0.25) is 0 Å². The fourth-order valence-corrected chi connectivity index (χ4v) is 4.86. The highest BCUT2D eigenvalue weighted by Gasteiger charge is 2.20. The smallest absolute Gasteiger partial charge is 0.236 e. The van der Waals surface area contributed by atoms with Crippen molar-refractivity contribution < 1.29 is 33.9 Å². The Balaban J connectivity index is 0.000000180. The van der Waals surface area contributed by atoms with Crippen molar-refractivity contribution in [3.63, 3.8) is 0 Å². The molecule has 2 aliphatic rings. The Morgan fingerprint density at radius 3 is 1.44 bits per heavy atom. The van der Waals surface area contributed by atoms with Gasteiger partial charge < -0.3 is 34.6 Å². The minimum absolute atomic E-state index is 0. The van der Waals surface area contributed by atoms with E-state index in [0.29, 0.717) is 0 Å². The summed E-state index contributed by atoms with van der Waals surface area (Å²) in [5.41, 5.74) is 7.91. The predicted molar refractivity (Wildman–Crippen MR) is 135 cm³/mol. The normalized spacial score (nSPS) is 13.4. The molecular weight excluding hydrogens is 463 g/mol. The predicted octanol–water partition coefficient (Wildman–Crippen LogP) is -1.74. The van der Waals surface area contributed by atoms with Gasteiger partial charge in [0.1, 0.15) is 25.5 Å². The van der Waals surface area contributed by atoms with E-state index in [4.69, 9.17) is 0 Å². The van der Waals surface area contributed by atoms with Crippen LogP contribution in [-0.2, 0) is 14.1 Å². The van der Waals surface area contributed by atoms with E-state index in [0.717, 1.165) is 13.1 Å². The van der Waals surface area contributed by atoms with E-state index in [2.05, 4.69) is 132 Å². The fourth-order valence-electron chi connectivity index (χ4n) is 4.86. The van der Waals surface area contributed by atoms with Crippen LogP contribution in [0, 0.1) is 0 Å². The van der Waals surface area contributed by atoms with E-state index in [1.165, 1.54) is 44.3 Å². The number of anilines is 2. The van der Waals surface area contributed by atoms with Gasteiger partial charge in [0.15, 0.2) is 12.4 Å². The number of hydrogen-bond acceptors (Lipinski definition) is 2. The van der Waals surface area contributed by atoms with Crippen LogP contribution < -0.4 is 43.7 Å². The number of nitrogens with zero attached hydrogens (tertiary/aromatic N) is 4. The largest absolute Gasteiger partial charge is 1.00 e. The molecule has 0 radical (unpaired) electrons. The number of pyridine rings is 2. The molecular formula is C28H30Cl2N4. The third kappa shape index (κ3) is 4.48. The lowest BCUT2D eigenvalue weighted by Gasteiger charge is -2.23. The maximum atomic E-state index is 2.30. The first kappa shape index (κ1) is 25.5. The first-order chi connectivity index (χ1) is 15.5. The van der Waals surface area contributed by atoms with Crippen molar-refractivity contribution in [3.8, 4) is 0 Å². The number of aromatic nitrogens is 2. The quantitative estimate of drug-likeness (QED) is 0.270. The molecule has 0 N–H and O–H groups in total. The topological polar surface area (TPSA) is 14.2 Å². The molecule has 0 amide bonds. The van der Waals surface area contributed by atoms with Crippen LogP contribution in [0.1, 0.15) is 11.1 Å². The average Bonchev–Trinajstić information content (AvgIpc) is 2.80. The van der Waals surface area contributed by atoms with E-state index in [1.54, 1.807) is 0 Å². The minimum atomic E-state index is 0. The number of benzene rings is 2. The first-order valence-electron chi connectivity index (χ1n) is 11.1. The molecule has 0 spiro atoms. The Kier molecular flexibility index (Phi) is 7.86. The van der Waals surface area contributed by atoms with Gasteiger partial charge in [-0.2, -0.15) is 9.13 Å². The Morgan fingerprint density at radius 2 is 1.03 bits per heavy atom. The third-order valence-electron chi connectivity index (χ3n) is 6.42. The molecule has 6 rings (SSSR count). The highest BCUT2D eigenvalue weighted by atomic mass is 35.5. The second kappa shape index (κ2) is 10.5. The summed E-state index contributed by atoms with van der Waals surface area (Å²) in [6.07, 6.45) is 13.0. The van der Waals surface area contributed by atoms with Crippen LogP contribution in [0.15, 0.2) is 73.1 Å². The monoisotopic (exact) mass is 492 g/mol.